The molecule has 0 radical (unpaired) electrons. The fourth-order valence-electron chi connectivity index (χ4n) is 2.64. The lowest BCUT2D eigenvalue weighted by molar-refractivity contribution is -0.131. The largest absolute Gasteiger partial charge is 0.480 e. The van der Waals surface area contributed by atoms with Crippen LogP contribution >= 0.6 is 0 Å². The fraction of sp³-hybridized carbons (Fsp3) is 0. The Morgan fingerprint density at radius 3 is 2.39 bits per heavy atom. The molecule has 4 heterocycles. The van der Waals surface area contributed by atoms with Crippen LogP contribution in [0.25, 0.3) is 16.3 Å². The molecule has 7 nitrogen and oxygen atoms in total. The van der Waals surface area contributed by atoms with Gasteiger partial charge in [-0.05, 0) is 23.6 Å². The molecular formula is C16H6O7. The summed E-state index contributed by atoms with van der Waals surface area (Å²) < 4.78 is 9.44. The number of hydrogen-bond donors (Lipinski definition) is 1. The van der Waals surface area contributed by atoms with Crippen LogP contribution in [0.5, 0.6) is 5.95 Å². The predicted octanol–water partition coefficient (Wildman–Crippen LogP) is 0.386. The number of ketones is 1. The highest BCUT2D eigenvalue weighted by molar-refractivity contribution is 6.46. The molecule has 112 valence electrons. The summed E-state index contributed by atoms with van der Waals surface area (Å²) in [7, 11) is 0. The van der Waals surface area contributed by atoms with Crippen LogP contribution < -0.4 is 10.8 Å². The van der Waals surface area contributed by atoms with Gasteiger partial charge in [-0.15, -0.1) is 0 Å². The Labute approximate surface area is 126 Å². The molecule has 0 unspecified atom stereocenters. The quantitative estimate of drug-likeness (QED) is 0.553. The molecule has 3 aliphatic heterocycles. The number of hydrogen-bond acceptors (Lipinski definition) is 7. The summed E-state index contributed by atoms with van der Waals surface area (Å²) in [5.74, 6) is -4.05. The van der Waals surface area contributed by atoms with Crippen molar-refractivity contribution >= 4 is 34.1 Å². The van der Waals surface area contributed by atoms with Crippen LogP contribution in [0.3, 0.4) is 0 Å². The highest BCUT2D eigenvalue weighted by atomic mass is 16.6. The van der Waals surface area contributed by atoms with Gasteiger partial charge in [-0.3, -0.25) is 4.79 Å². The summed E-state index contributed by atoms with van der Waals surface area (Å²) in [5, 5.41) is 10.3. The van der Waals surface area contributed by atoms with E-state index in [9.17, 15) is 24.3 Å². The second-order valence-corrected chi connectivity index (χ2v) is 5.00. The van der Waals surface area contributed by atoms with E-state index in [1.807, 2.05) is 0 Å². The number of benzene rings is 1. The van der Waals surface area contributed by atoms with Gasteiger partial charge in [-0.1, -0.05) is 12.1 Å². The van der Waals surface area contributed by atoms with Crippen LogP contribution in [0.4, 0.5) is 0 Å². The maximum atomic E-state index is 12.5. The van der Waals surface area contributed by atoms with E-state index >= 15 is 0 Å². The van der Waals surface area contributed by atoms with Crippen LogP contribution in [-0.4, -0.2) is 22.8 Å². The molecular weight excluding hydrogens is 304 g/mol. The van der Waals surface area contributed by atoms with Crippen molar-refractivity contribution in [3.8, 4) is 5.95 Å². The van der Waals surface area contributed by atoms with Gasteiger partial charge in [-0.25, -0.2) is 14.4 Å². The van der Waals surface area contributed by atoms with E-state index in [0.717, 1.165) is 0 Å². The van der Waals surface area contributed by atoms with E-state index in [1.165, 1.54) is 30.3 Å². The molecule has 1 N–H and O–H groups in total. The van der Waals surface area contributed by atoms with Crippen LogP contribution in [0, 0.1) is 0 Å². The monoisotopic (exact) mass is 310 g/mol. The minimum atomic E-state index is -1.15. The van der Waals surface area contributed by atoms with Crippen molar-refractivity contribution in [1.29, 1.82) is 0 Å². The Bertz CT molecular complexity index is 1120. The van der Waals surface area contributed by atoms with Crippen molar-refractivity contribution in [3.63, 3.8) is 0 Å². The molecule has 0 spiro atoms. The number of esters is 2. The first-order valence-corrected chi connectivity index (χ1v) is 6.51. The third-order valence-corrected chi connectivity index (χ3v) is 3.74. The van der Waals surface area contributed by atoms with Gasteiger partial charge < -0.3 is 14.3 Å². The Balaban J connectivity index is 2.44. The lowest BCUT2D eigenvalue weighted by atomic mass is 9.97. The first-order chi connectivity index (χ1) is 11.0. The molecule has 2 aromatic rings. The van der Waals surface area contributed by atoms with Gasteiger partial charge in [0, 0.05) is 5.22 Å². The molecule has 0 atom stereocenters. The fourth-order valence-corrected chi connectivity index (χ4v) is 2.64. The van der Waals surface area contributed by atoms with Crippen LogP contribution in [-0.2, 0) is 9.53 Å². The smallest absolute Gasteiger partial charge is 0.350 e. The summed E-state index contributed by atoms with van der Waals surface area (Å²) in [5.41, 5.74) is -2.00. The first kappa shape index (κ1) is 13.2. The highest BCUT2D eigenvalue weighted by Crippen LogP contribution is 2.24. The Morgan fingerprint density at radius 1 is 0.870 bits per heavy atom. The molecule has 1 aromatic heterocycles. The number of fused-ring (bicyclic) bond motifs is 6. The Morgan fingerprint density at radius 2 is 1.61 bits per heavy atom. The summed E-state index contributed by atoms with van der Waals surface area (Å²) in [6.45, 7) is 0. The zero-order valence-corrected chi connectivity index (χ0v) is 11.3. The number of carbonyl (C=O) groups is 3. The molecule has 0 saturated carbocycles. The van der Waals surface area contributed by atoms with E-state index in [-0.39, 0.29) is 21.7 Å². The van der Waals surface area contributed by atoms with Crippen molar-refractivity contribution in [2.24, 2.45) is 0 Å². The van der Waals surface area contributed by atoms with E-state index in [0.29, 0.717) is 5.39 Å². The van der Waals surface area contributed by atoms with Gasteiger partial charge in [0.15, 0.2) is 0 Å². The van der Waals surface area contributed by atoms with E-state index in [1.54, 1.807) is 0 Å². The maximum Gasteiger partial charge on any atom is 0.350 e. The van der Waals surface area contributed by atoms with Gasteiger partial charge in [0.2, 0.25) is 5.78 Å². The summed E-state index contributed by atoms with van der Waals surface area (Å²) >= 11 is 0. The lowest BCUT2D eigenvalue weighted by Crippen LogP contribution is -2.26. The number of ether oxygens (including phenoxy) is 1. The Kier molecular flexibility index (Phi) is 2.45. The Hall–Kier alpha value is -3.48. The molecule has 0 fully saturated rings. The SMILES string of the molecule is O=C1OC(=O)c2ccc3cc2c(=O)oc(O)c2ccc3=C1C2=O. The van der Waals surface area contributed by atoms with Crippen molar-refractivity contribution in [3.05, 3.63) is 57.1 Å². The lowest BCUT2D eigenvalue weighted by Gasteiger charge is -2.08. The summed E-state index contributed by atoms with van der Waals surface area (Å²) in [6, 6.07) is 6.75. The van der Waals surface area contributed by atoms with Crippen LogP contribution in [0.2, 0.25) is 0 Å². The normalized spacial score (nSPS) is 15.0. The van der Waals surface area contributed by atoms with Gasteiger partial charge >= 0.3 is 17.6 Å². The van der Waals surface area contributed by atoms with Crippen molar-refractivity contribution in [2.75, 3.05) is 0 Å². The van der Waals surface area contributed by atoms with Gasteiger partial charge in [0.1, 0.15) is 11.1 Å². The van der Waals surface area contributed by atoms with Crippen molar-refractivity contribution in [2.45, 2.75) is 0 Å². The standard InChI is InChI=1S/C16H6O7/c17-12-9-4-3-7-6-1-2-8(13(18)23-16(21)11(7)12)10(5-6)15(20)22-14(9)19/h1-5,19H. The summed E-state index contributed by atoms with van der Waals surface area (Å²) in [4.78, 5) is 48.9. The van der Waals surface area contributed by atoms with E-state index in [4.69, 9.17) is 4.42 Å². The first-order valence-electron chi connectivity index (χ1n) is 6.51. The van der Waals surface area contributed by atoms with Crippen LogP contribution in [0.1, 0.15) is 20.7 Å². The topological polar surface area (TPSA) is 111 Å². The molecule has 6 bridgehead atoms. The average molecular weight is 310 g/mol. The number of rotatable bonds is 0. The average Bonchev–Trinajstić information content (AvgIpc) is 2.59. The van der Waals surface area contributed by atoms with Crippen molar-refractivity contribution < 1.29 is 28.6 Å². The molecule has 4 aliphatic rings. The second-order valence-electron chi connectivity index (χ2n) is 5.00. The molecule has 6 rings (SSSR count). The minimum absolute atomic E-state index is 0.172. The number of carbonyl (C=O) groups excluding carboxylic acids is 3. The maximum absolute atomic E-state index is 12.5. The number of Topliss-reactive ketones (excluding diaryl/α,β-unsaturated/α-hetero) is 1. The van der Waals surface area contributed by atoms with Crippen molar-refractivity contribution in [1.82, 2.24) is 0 Å². The molecule has 0 saturated heterocycles. The minimum Gasteiger partial charge on any atom is -0.480 e. The second kappa shape index (κ2) is 4.26. The zero-order valence-electron chi connectivity index (χ0n) is 11.3. The molecule has 1 aromatic carbocycles. The summed E-state index contributed by atoms with van der Waals surface area (Å²) in [6.07, 6.45) is 0. The van der Waals surface area contributed by atoms with Gasteiger partial charge in [0.05, 0.1) is 10.9 Å². The molecule has 0 amide bonds. The van der Waals surface area contributed by atoms with Crippen LogP contribution in [0.15, 0.2) is 39.5 Å². The molecule has 7 heteroatoms. The molecule has 23 heavy (non-hydrogen) atoms. The van der Waals surface area contributed by atoms with E-state index < -0.39 is 34.9 Å². The van der Waals surface area contributed by atoms with Gasteiger partial charge in [-0.2, -0.15) is 0 Å². The zero-order chi connectivity index (χ0) is 16.3. The third-order valence-electron chi connectivity index (χ3n) is 3.74. The van der Waals surface area contributed by atoms with Gasteiger partial charge in [0.25, 0.3) is 5.95 Å². The highest BCUT2D eigenvalue weighted by Gasteiger charge is 2.31. The predicted molar refractivity (Wildman–Crippen MR) is 75.2 cm³/mol. The molecule has 1 aliphatic carbocycles. The third kappa shape index (κ3) is 1.70. The van der Waals surface area contributed by atoms with E-state index in [2.05, 4.69) is 4.74 Å². The number of aromatic hydroxyl groups is 1.